The van der Waals surface area contributed by atoms with Crippen LogP contribution < -0.4 is 25.4 Å². The molecule has 1 saturated carbocycles. The Morgan fingerprint density at radius 2 is 1.52 bits per heavy atom. The van der Waals surface area contributed by atoms with Gasteiger partial charge in [0.05, 0.1) is 0 Å². The van der Waals surface area contributed by atoms with Gasteiger partial charge in [-0.2, -0.15) is 0 Å². The molecule has 1 aliphatic heterocycles. The highest BCUT2D eigenvalue weighted by molar-refractivity contribution is 6.00. The molecule has 27 heavy (non-hydrogen) atoms. The first-order valence-corrected chi connectivity index (χ1v) is 9.06. The molecule has 7 heteroatoms. The molecule has 0 saturated heterocycles. The van der Waals surface area contributed by atoms with Crippen LogP contribution in [0.5, 0.6) is 11.5 Å². The van der Waals surface area contributed by atoms with Crippen molar-refractivity contribution in [3.05, 3.63) is 48.0 Å². The number of ether oxygens (including phenoxy) is 2. The first-order chi connectivity index (χ1) is 13.2. The van der Waals surface area contributed by atoms with E-state index in [2.05, 4.69) is 16.0 Å². The second kappa shape index (κ2) is 7.57. The lowest BCUT2D eigenvalue weighted by Crippen LogP contribution is -2.32. The molecule has 0 spiro atoms. The maximum absolute atomic E-state index is 12.2. The van der Waals surface area contributed by atoms with E-state index in [1.54, 1.807) is 42.5 Å². The normalized spacial score (nSPS) is 15.4. The summed E-state index contributed by atoms with van der Waals surface area (Å²) in [5.74, 6) is 1.19. The molecule has 4 rings (SSSR count). The smallest absolute Gasteiger partial charge is 0.323 e. The average molecular weight is 367 g/mol. The van der Waals surface area contributed by atoms with Gasteiger partial charge in [0.25, 0.3) is 5.91 Å². The SMILES string of the molecule is O=C(Nc1ccc(C(=O)NC2CCCC2)cc1)Nc1ccc2c(c1)OCO2. The van der Waals surface area contributed by atoms with Gasteiger partial charge in [0.1, 0.15) is 0 Å². The number of urea groups is 1. The number of fused-ring (bicyclic) bond motifs is 1. The van der Waals surface area contributed by atoms with Gasteiger partial charge in [-0.25, -0.2) is 4.79 Å². The number of carbonyl (C=O) groups is 2. The van der Waals surface area contributed by atoms with Gasteiger partial charge < -0.3 is 25.4 Å². The highest BCUT2D eigenvalue weighted by Crippen LogP contribution is 2.34. The van der Waals surface area contributed by atoms with Crippen molar-refractivity contribution < 1.29 is 19.1 Å². The fourth-order valence-electron chi connectivity index (χ4n) is 3.31. The Morgan fingerprint density at radius 3 is 2.30 bits per heavy atom. The molecule has 3 amide bonds. The average Bonchev–Trinajstić information content (AvgIpc) is 3.33. The number of hydrogen-bond acceptors (Lipinski definition) is 4. The maximum Gasteiger partial charge on any atom is 0.323 e. The highest BCUT2D eigenvalue weighted by atomic mass is 16.7. The number of anilines is 2. The molecule has 2 aromatic rings. The number of benzene rings is 2. The second-order valence-electron chi connectivity index (χ2n) is 6.68. The van der Waals surface area contributed by atoms with E-state index in [9.17, 15) is 9.59 Å². The van der Waals surface area contributed by atoms with E-state index in [4.69, 9.17) is 9.47 Å². The minimum Gasteiger partial charge on any atom is -0.454 e. The largest absolute Gasteiger partial charge is 0.454 e. The van der Waals surface area contributed by atoms with E-state index in [-0.39, 0.29) is 24.8 Å². The number of hydrogen-bond donors (Lipinski definition) is 3. The maximum atomic E-state index is 12.2. The third kappa shape index (κ3) is 4.13. The number of carbonyl (C=O) groups excluding carboxylic acids is 2. The Labute approximate surface area is 157 Å². The predicted octanol–water partition coefficient (Wildman–Crippen LogP) is 3.73. The van der Waals surface area contributed by atoms with E-state index < -0.39 is 0 Å². The van der Waals surface area contributed by atoms with Gasteiger partial charge >= 0.3 is 6.03 Å². The third-order valence-electron chi connectivity index (χ3n) is 4.73. The van der Waals surface area contributed by atoms with Crippen LogP contribution in [0.4, 0.5) is 16.2 Å². The molecule has 0 bridgehead atoms. The van der Waals surface area contributed by atoms with Crippen molar-refractivity contribution in [2.45, 2.75) is 31.7 Å². The van der Waals surface area contributed by atoms with Gasteiger partial charge in [-0.05, 0) is 49.2 Å². The summed E-state index contributed by atoms with van der Waals surface area (Å²) in [6, 6.07) is 11.9. The lowest BCUT2D eigenvalue weighted by molar-refractivity contribution is 0.0938. The van der Waals surface area contributed by atoms with E-state index in [1.165, 1.54) is 12.8 Å². The topological polar surface area (TPSA) is 88.7 Å². The van der Waals surface area contributed by atoms with Gasteiger partial charge in [0.15, 0.2) is 11.5 Å². The molecular weight excluding hydrogens is 346 g/mol. The molecule has 0 aromatic heterocycles. The summed E-state index contributed by atoms with van der Waals surface area (Å²) in [6.07, 6.45) is 4.44. The summed E-state index contributed by atoms with van der Waals surface area (Å²) in [4.78, 5) is 24.4. The Morgan fingerprint density at radius 1 is 0.852 bits per heavy atom. The summed E-state index contributed by atoms with van der Waals surface area (Å²) >= 11 is 0. The van der Waals surface area contributed by atoms with Crippen molar-refractivity contribution >= 4 is 23.3 Å². The molecule has 0 atom stereocenters. The zero-order valence-electron chi connectivity index (χ0n) is 14.8. The van der Waals surface area contributed by atoms with Gasteiger partial charge in [-0.1, -0.05) is 12.8 Å². The third-order valence-corrected chi connectivity index (χ3v) is 4.73. The molecule has 0 radical (unpaired) electrons. The van der Waals surface area contributed by atoms with E-state index in [0.29, 0.717) is 28.4 Å². The molecule has 140 valence electrons. The molecule has 0 unspecified atom stereocenters. The lowest BCUT2D eigenvalue weighted by Gasteiger charge is -2.12. The molecular formula is C20H21N3O4. The first-order valence-electron chi connectivity index (χ1n) is 9.06. The number of amides is 3. The van der Waals surface area contributed by atoms with Crippen LogP contribution in [0.15, 0.2) is 42.5 Å². The Hall–Kier alpha value is -3.22. The van der Waals surface area contributed by atoms with Crippen LogP contribution in [0.1, 0.15) is 36.0 Å². The quantitative estimate of drug-likeness (QED) is 0.768. The minimum atomic E-state index is -0.378. The Bertz CT molecular complexity index is 845. The fraction of sp³-hybridized carbons (Fsp3) is 0.300. The molecule has 2 aromatic carbocycles. The lowest BCUT2D eigenvalue weighted by atomic mass is 10.1. The van der Waals surface area contributed by atoms with E-state index in [0.717, 1.165) is 12.8 Å². The van der Waals surface area contributed by atoms with Gasteiger partial charge in [-0.15, -0.1) is 0 Å². The molecule has 1 aliphatic carbocycles. The van der Waals surface area contributed by atoms with Crippen LogP contribution in [0.2, 0.25) is 0 Å². The van der Waals surface area contributed by atoms with Crippen molar-refractivity contribution in [3.63, 3.8) is 0 Å². The Balaban J connectivity index is 1.32. The standard InChI is InChI=1S/C20H21N3O4/c24-19(21-14-3-1-2-4-14)13-5-7-15(8-6-13)22-20(25)23-16-9-10-17-18(11-16)27-12-26-17/h5-11,14H,1-4,12H2,(H,21,24)(H2,22,23,25). The minimum absolute atomic E-state index is 0.0711. The second-order valence-corrected chi connectivity index (χ2v) is 6.68. The Kier molecular flexibility index (Phi) is 4.82. The number of rotatable bonds is 4. The van der Waals surface area contributed by atoms with Crippen LogP contribution in [0, 0.1) is 0 Å². The predicted molar refractivity (Wildman–Crippen MR) is 101 cm³/mol. The number of nitrogens with one attached hydrogen (secondary N) is 3. The van der Waals surface area contributed by atoms with Crippen molar-refractivity contribution in [1.29, 1.82) is 0 Å². The van der Waals surface area contributed by atoms with Gasteiger partial charge in [0.2, 0.25) is 6.79 Å². The van der Waals surface area contributed by atoms with Gasteiger partial charge in [-0.3, -0.25) is 4.79 Å². The van der Waals surface area contributed by atoms with Crippen molar-refractivity contribution in [2.75, 3.05) is 17.4 Å². The zero-order valence-corrected chi connectivity index (χ0v) is 14.8. The molecule has 1 heterocycles. The van der Waals surface area contributed by atoms with Gasteiger partial charge in [0, 0.05) is 29.0 Å². The summed E-state index contributed by atoms with van der Waals surface area (Å²) in [7, 11) is 0. The van der Waals surface area contributed by atoms with Crippen LogP contribution in [-0.4, -0.2) is 24.8 Å². The molecule has 1 fully saturated rings. The van der Waals surface area contributed by atoms with Crippen LogP contribution in [0.25, 0.3) is 0 Å². The molecule has 3 N–H and O–H groups in total. The molecule has 7 nitrogen and oxygen atoms in total. The van der Waals surface area contributed by atoms with E-state index in [1.807, 2.05) is 0 Å². The summed E-state index contributed by atoms with van der Waals surface area (Å²) in [5.41, 5.74) is 1.79. The van der Waals surface area contributed by atoms with Crippen molar-refractivity contribution in [3.8, 4) is 11.5 Å². The fourth-order valence-corrected chi connectivity index (χ4v) is 3.31. The summed E-state index contributed by atoms with van der Waals surface area (Å²) < 4.78 is 10.5. The highest BCUT2D eigenvalue weighted by Gasteiger charge is 2.18. The first kappa shape index (κ1) is 17.2. The zero-order chi connectivity index (χ0) is 18.6. The van der Waals surface area contributed by atoms with Crippen molar-refractivity contribution in [1.82, 2.24) is 5.32 Å². The van der Waals surface area contributed by atoms with Crippen LogP contribution in [0.3, 0.4) is 0 Å². The van der Waals surface area contributed by atoms with E-state index >= 15 is 0 Å². The summed E-state index contributed by atoms with van der Waals surface area (Å²) in [6.45, 7) is 0.186. The monoisotopic (exact) mass is 367 g/mol. The summed E-state index contributed by atoms with van der Waals surface area (Å²) in [5, 5.41) is 8.53. The van der Waals surface area contributed by atoms with Crippen molar-refractivity contribution in [2.24, 2.45) is 0 Å². The molecule has 2 aliphatic rings. The van der Waals surface area contributed by atoms with Crippen LogP contribution in [-0.2, 0) is 0 Å². The van der Waals surface area contributed by atoms with Crippen LogP contribution >= 0.6 is 0 Å².